The molecule has 0 atom stereocenters. The Balaban J connectivity index is 1.83. The smallest absolute Gasteiger partial charge is 0.215 e. The van der Waals surface area contributed by atoms with Crippen molar-refractivity contribution >= 4 is 39.8 Å². The zero-order valence-electron chi connectivity index (χ0n) is 13.3. The number of nitrogens with zero attached hydrogens (tertiary/aromatic N) is 1. The molecule has 0 aliphatic heterocycles. The molecule has 26 heavy (non-hydrogen) atoms. The van der Waals surface area contributed by atoms with Crippen molar-refractivity contribution in [2.45, 2.75) is 0 Å². The Kier molecular flexibility index (Phi) is 3.97. The van der Waals surface area contributed by atoms with Crippen molar-refractivity contribution in [1.29, 1.82) is 0 Å². The fourth-order valence-corrected chi connectivity index (χ4v) is 2.96. The van der Waals surface area contributed by atoms with Gasteiger partial charge in [0.25, 0.3) is 0 Å². The highest BCUT2D eigenvalue weighted by Crippen LogP contribution is 2.40. The normalized spacial score (nSPS) is 11.0. The molecule has 0 aliphatic rings. The number of hydrogen-bond acceptors (Lipinski definition) is 4. The van der Waals surface area contributed by atoms with Crippen molar-refractivity contribution in [1.82, 2.24) is 4.98 Å². The second-order valence-electron chi connectivity index (χ2n) is 5.64. The molecule has 0 saturated carbocycles. The van der Waals surface area contributed by atoms with Crippen LogP contribution >= 0.6 is 11.6 Å². The van der Waals surface area contributed by atoms with Crippen LogP contribution in [0.3, 0.4) is 0 Å². The lowest BCUT2D eigenvalue weighted by atomic mass is 10.0. The summed E-state index contributed by atoms with van der Waals surface area (Å²) in [5, 5.41) is 3.80. The molecule has 0 amide bonds. The predicted octanol–water partition coefficient (Wildman–Crippen LogP) is 5.75. The predicted molar refractivity (Wildman–Crippen MR) is 98.5 cm³/mol. The molecule has 0 radical (unpaired) electrons. The molecule has 0 spiro atoms. The molecular formula is C19H12ClF2N3O. The third kappa shape index (κ3) is 2.84. The number of aromatic nitrogens is 1. The Bertz CT molecular complexity index is 1130. The largest absolute Gasteiger partial charge is 0.438 e. The number of nitrogens with two attached hydrogens (primary N) is 1. The molecular weight excluding hydrogens is 360 g/mol. The Morgan fingerprint density at radius 1 is 1.08 bits per heavy atom. The zero-order valence-corrected chi connectivity index (χ0v) is 14.0. The van der Waals surface area contributed by atoms with E-state index in [0.29, 0.717) is 33.5 Å². The highest BCUT2D eigenvalue weighted by Gasteiger charge is 2.16. The molecule has 4 nitrogen and oxygen atoms in total. The van der Waals surface area contributed by atoms with Gasteiger partial charge in [0.15, 0.2) is 0 Å². The molecule has 2 heterocycles. The van der Waals surface area contributed by atoms with Crippen LogP contribution in [0.2, 0.25) is 5.02 Å². The number of furan rings is 1. The first-order chi connectivity index (χ1) is 12.5. The number of hydrogen-bond donors (Lipinski definition) is 2. The summed E-state index contributed by atoms with van der Waals surface area (Å²) in [5.41, 5.74) is 8.92. The van der Waals surface area contributed by atoms with Crippen LogP contribution in [0.5, 0.6) is 0 Å². The first-order valence-corrected chi connectivity index (χ1v) is 8.06. The maximum absolute atomic E-state index is 13.5. The topological polar surface area (TPSA) is 64.1 Å². The first-order valence-electron chi connectivity index (χ1n) is 7.68. The van der Waals surface area contributed by atoms with Crippen molar-refractivity contribution in [3.8, 4) is 11.1 Å². The highest BCUT2D eigenvalue weighted by molar-refractivity contribution is 6.31. The van der Waals surface area contributed by atoms with Gasteiger partial charge in [0.1, 0.15) is 17.1 Å². The second kappa shape index (κ2) is 6.31. The number of halogens is 3. The number of nitrogen functional groups attached to an aromatic ring is 1. The third-order valence-electron chi connectivity index (χ3n) is 3.97. The lowest BCUT2D eigenvalue weighted by Gasteiger charge is -2.07. The molecule has 0 unspecified atom stereocenters. The van der Waals surface area contributed by atoms with E-state index in [-0.39, 0.29) is 10.9 Å². The van der Waals surface area contributed by atoms with E-state index in [4.69, 9.17) is 21.8 Å². The van der Waals surface area contributed by atoms with Gasteiger partial charge in [-0.25, -0.2) is 9.37 Å². The van der Waals surface area contributed by atoms with Crippen LogP contribution < -0.4 is 11.1 Å². The maximum Gasteiger partial charge on any atom is 0.215 e. The molecule has 0 bridgehead atoms. The second-order valence-corrected chi connectivity index (χ2v) is 6.05. The number of benzene rings is 2. The molecule has 0 fully saturated rings. The van der Waals surface area contributed by atoms with Gasteiger partial charge in [-0.3, -0.25) is 0 Å². The fraction of sp³-hybridized carbons (Fsp3) is 0. The maximum atomic E-state index is 13.5. The number of pyridine rings is 1. The van der Waals surface area contributed by atoms with Crippen LogP contribution in [0.1, 0.15) is 0 Å². The van der Waals surface area contributed by atoms with E-state index in [1.165, 1.54) is 24.4 Å². The number of para-hydroxylation sites is 1. The Labute approximate surface area is 152 Å². The summed E-state index contributed by atoms with van der Waals surface area (Å²) in [4.78, 5) is 3.56. The van der Waals surface area contributed by atoms with Crippen molar-refractivity contribution in [3.05, 3.63) is 71.5 Å². The van der Waals surface area contributed by atoms with Gasteiger partial charge >= 0.3 is 0 Å². The van der Waals surface area contributed by atoms with Crippen LogP contribution in [0.4, 0.5) is 26.0 Å². The summed E-state index contributed by atoms with van der Waals surface area (Å²) in [6.45, 7) is 0. The van der Waals surface area contributed by atoms with E-state index >= 15 is 0 Å². The Morgan fingerprint density at radius 2 is 1.92 bits per heavy atom. The van der Waals surface area contributed by atoms with Gasteiger partial charge in [0.05, 0.1) is 5.02 Å². The zero-order chi connectivity index (χ0) is 18.3. The lowest BCUT2D eigenvalue weighted by molar-refractivity contribution is 0.584. The summed E-state index contributed by atoms with van der Waals surface area (Å²) in [6, 6.07) is 12.7. The van der Waals surface area contributed by atoms with Crippen LogP contribution in [0.25, 0.3) is 22.1 Å². The molecule has 3 N–H and O–H groups in total. The first kappa shape index (κ1) is 16.4. The summed E-state index contributed by atoms with van der Waals surface area (Å²) >= 11 is 5.82. The van der Waals surface area contributed by atoms with Crippen LogP contribution in [-0.2, 0) is 0 Å². The van der Waals surface area contributed by atoms with E-state index in [0.717, 1.165) is 0 Å². The minimum Gasteiger partial charge on any atom is -0.438 e. The quantitative estimate of drug-likeness (QED) is 0.450. The number of rotatable bonds is 3. The van der Waals surface area contributed by atoms with Gasteiger partial charge < -0.3 is 15.5 Å². The van der Waals surface area contributed by atoms with Gasteiger partial charge in [-0.15, -0.1) is 0 Å². The molecule has 4 aromatic rings. The van der Waals surface area contributed by atoms with Gasteiger partial charge in [-0.1, -0.05) is 23.7 Å². The number of anilines is 3. The molecule has 0 aliphatic carbocycles. The highest BCUT2D eigenvalue weighted by atomic mass is 35.5. The van der Waals surface area contributed by atoms with Crippen LogP contribution in [-0.4, -0.2) is 4.98 Å². The van der Waals surface area contributed by atoms with Gasteiger partial charge in [-0.05, 0) is 35.9 Å². The average molecular weight is 372 g/mol. The average Bonchev–Trinajstić information content (AvgIpc) is 2.94. The monoisotopic (exact) mass is 371 g/mol. The van der Waals surface area contributed by atoms with Gasteiger partial charge in [0, 0.05) is 28.9 Å². The van der Waals surface area contributed by atoms with Crippen LogP contribution in [0, 0.1) is 11.8 Å². The van der Waals surface area contributed by atoms with E-state index in [1.807, 2.05) is 12.1 Å². The van der Waals surface area contributed by atoms with E-state index in [9.17, 15) is 8.78 Å². The SMILES string of the molecule is Nc1oc2c(-c3ccnc(F)c3)cccc2c1Nc1ccc(F)c(Cl)c1. The van der Waals surface area contributed by atoms with Crippen molar-refractivity contribution in [2.24, 2.45) is 0 Å². The number of nitrogens with one attached hydrogen (secondary N) is 1. The lowest BCUT2D eigenvalue weighted by Crippen LogP contribution is -1.94. The van der Waals surface area contributed by atoms with Crippen molar-refractivity contribution < 1.29 is 13.2 Å². The van der Waals surface area contributed by atoms with E-state index < -0.39 is 11.8 Å². The van der Waals surface area contributed by atoms with E-state index in [1.54, 1.807) is 18.2 Å². The molecule has 2 aromatic carbocycles. The summed E-state index contributed by atoms with van der Waals surface area (Å²) in [6.07, 6.45) is 1.38. The third-order valence-corrected chi connectivity index (χ3v) is 4.26. The number of fused-ring (bicyclic) bond motifs is 1. The van der Waals surface area contributed by atoms with Crippen molar-refractivity contribution in [2.75, 3.05) is 11.1 Å². The van der Waals surface area contributed by atoms with Gasteiger partial charge in [-0.2, -0.15) is 4.39 Å². The van der Waals surface area contributed by atoms with Gasteiger partial charge in [0.2, 0.25) is 11.8 Å². The molecule has 0 saturated heterocycles. The fourth-order valence-electron chi connectivity index (χ4n) is 2.78. The Morgan fingerprint density at radius 3 is 2.69 bits per heavy atom. The Hall–Kier alpha value is -3.12. The van der Waals surface area contributed by atoms with E-state index in [2.05, 4.69) is 10.3 Å². The summed E-state index contributed by atoms with van der Waals surface area (Å²) in [7, 11) is 0. The van der Waals surface area contributed by atoms with Crippen LogP contribution in [0.15, 0.2) is 59.1 Å². The standard InChI is InChI=1S/C19H12ClF2N3O/c20-14-9-11(4-5-15(14)21)25-17-13-3-1-2-12(18(13)26-19(17)23)10-6-7-24-16(22)8-10/h1-9,25H,23H2. The molecule has 130 valence electrons. The summed E-state index contributed by atoms with van der Waals surface area (Å²) < 4.78 is 32.5. The molecule has 2 aromatic heterocycles. The van der Waals surface area contributed by atoms with Crippen molar-refractivity contribution in [3.63, 3.8) is 0 Å². The molecule has 4 rings (SSSR count). The minimum atomic E-state index is -0.585. The summed E-state index contributed by atoms with van der Waals surface area (Å²) in [5.74, 6) is -0.940. The minimum absolute atomic E-state index is 0.00526. The molecule has 7 heteroatoms.